The highest BCUT2D eigenvalue weighted by atomic mass is 35.5. The van der Waals surface area contributed by atoms with Crippen molar-refractivity contribution in [3.8, 4) is 0 Å². The molecule has 0 aliphatic rings. The van der Waals surface area contributed by atoms with Gasteiger partial charge in [-0.2, -0.15) is 0 Å². The maximum absolute atomic E-state index is 12.3. The van der Waals surface area contributed by atoms with E-state index >= 15 is 0 Å². The Morgan fingerprint density at radius 1 is 1.42 bits per heavy atom. The molecule has 1 amide bonds. The number of aromatic nitrogens is 2. The number of thioether (sulfide) groups is 1. The van der Waals surface area contributed by atoms with Gasteiger partial charge < -0.3 is 19.2 Å². The van der Waals surface area contributed by atoms with Gasteiger partial charge in [-0.15, -0.1) is 23.1 Å². The van der Waals surface area contributed by atoms with Crippen LogP contribution in [0.3, 0.4) is 0 Å². The molecule has 1 N–H and O–H groups in total. The molecule has 1 atom stereocenters. The second kappa shape index (κ2) is 10.2. The van der Waals surface area contributed by atoms with Crippen molar-refractivity contribution >= 4 is 51.0 Å². The van der Waals surface area contributed by atoms with Crippen molar-refractivity contribution in [2.45, 2.75) is 43.7 Å². The van der Waals surface area contributed by atoms with E-state index < -0.39 is 11.7 Å². The molecular weight excluding hydrogens is 458 g/mol. The Balaban J connectivity index is 1.92. The summed E-state index contributed by atoms with van der Waals surface area (Å²) in [6.07, 6.45) is 5.52. The zero-order valence-electron chi connectivity index (χ0n) is 18.0. The number of thiophene rings is 1. The lowest BCUT2D eigenvalue weighted by atomic mass is 10.1. The van der Waals surface area contributed by atoms with Gasteiger partial charge in [0.25, 0.3) is 0 Å². The van der Waals surface area contributed by atoms with Crippen molar-refractivity contribution in [3.05, 3.63) is 46.4 Å². The molecule has 7 nitrogen and oxygen atoms in total. The van der Waals surface area contributed by atoms with Gasteiger partial charge >= 0.3 is 6.09 Å². The highest BCUT2D eigenvalue weighted by molar-refractivity contribution is 7.99. The predicted octanol–water partition coefficient (Wildman–Crippen LogP) is 5.34. The summed E-state index contributed by atoms with van der Waals surface area (Å²) in [6, 6.07) is 3.40. The minimum absolute atomic E-state index is 0.172. The second-order valence-electron chi connectivity index (χ2n) is 7.78. The van der Waals surface area contributed by atoms with Crippen LogP contribution in [-0.2, 0) is 15.9 Å². The molecule has 3 rings (SSSR count). The third kappa shape index (κ3) is 6.35. The smallest absolute Gasteiger partial charge is 0.407 e. The number of alkyl carbamates (subject to hydrolysis) is 1. The lowest BCUT2D eigenvalue weighted by Crippen LogP contribution is -2.42. The topological polar surface area (TPSA) is 86.5 Å². The summed E-state index contributed by atoms with van der Waals surface area (Å²) in [7, 11) is 1.60. The lowest BCUT2D eigenvalue weighted by Gasteiger charge is -2.23. The summed E-state index contributed by atoms with van der Waals surface area (Å²) in [4.78, 5) is 23.2. The molecule has 1 radical (unpaired) electrons. The number of carbonyl (C=O) groups is 1. The number of carbonyl (C=O) groups excluding carboxylic acids is 1. The Labute approximate surface area is 194 Å². The van der Waals surface area contributed by atoms with Gasteiger partial charge in [0.1, 0.15) is 16.9 Å². The van der Waals surface area contributed by atoms with E-state index in [0.29, 0.717) is 24.5 Å². The van der Waals surface area contributed by atoms with Crippen molar-refractivity contribution in [1.82, 2.24) is 15.3 Å². The molecule has 10 heteroatoms. The van der Waals surface area contributed by atoms with E-state index in [9.17, 15) is 4.79 Å². The van der Waals surface area contributed by atoms with E-state index in [1.54, 1.807) is 36.5 Å². The largest absolute Gasteiger partial charge is 0.469 e. The normalized spacial score (nSPS) is 12.8. The number of methoxy groups -OCH3 is 1. The molecule has 0 saturated carbocycles. The number of amides is 1. The molecule has 3 aromatic rings. The predicted molar refractivity (Wildman–Crippen MR) is 124 cm³/mol. The van der Waals surface area contributed by atoms with Gasteiger partial charge in [0, 0.05) is 23.3 Å². The number of hydrogen-bond acceptors (Lipinski definition) is 8. The van der Waals surface area contributed by atoms with E-state index in [-0.39, 0.29) is 11.3 Å². The van der Waals surface area contributed by atoms with Crippen LogP contribution < -0.4 is 5.32 Å². The first-order valence-electron chi connectivity index (χ1n) is 9.59. The van der Waals surface area contributed by atoms with Crippen LogP contribution in [0.4, 0.5) is 4.79 Å². The first-order chi connectivity index (χ1) is 14.7. The molecule has 0 saturated heterocycles. The monoisotopic (exact) mass is 482 g/mol. The molecule has 0 fully saturated rings. The number of halogens is 1. The summed E-state index contributed by atoms with van der Waals surface area (Å²) in [5, 5.41) is 3.08. The van der Waals surface area contributed by atoms with Gasteiger partial charge in [0.05, 0.1) is 35.7 Å². The maximum Gasteiger partial charge on any atom is 0.407 e. The van der Waals surface area contributed by atoms with Gasteiger partial charge in [-0.3, -0.25) is 0 Å². The molecule has 0 spiro atoms. The van der Waals surface area contributed by atoms with Gasteiger partial charge in [0.2, 0.25) is 5.28 Å². The number of ether oxygens (including phenoxy) is 2. The quantitative estimate of drug-likeness (QED) is 0.342. The van der Waals surface area contributed by atoms with Crippen LogP contribution in [0.2, 0.25) is 5.28 Å². The second-order valence-corrected chi connectivity index (χ2v) is 10.0. The highest BCUT2D eigenvalue weighted by Gasteiger charge is 2.24. The van der Waals surface area contributed by atoms with Gasteiger partial charge in [-0.25, -0.2) is 14.8 Å². The third-order valence-electron chi connectivity index (χ3n) is 4.10. The summed E-state index contributed by atoms with van der Waals surface area (Å²) < 4.78 is 17.1. The Morgan fingerprint density at radius 2 is 2.19 bits per heavy atom. The summed E-state index contributed by atoms with van der Waals surface area (Å²) in [6.45, 7) is 5.83. The van der Waals surface area contributed by atoms with Crippen LogP contribution in [0.15, 0.2) is 27.7 Å². The standard InChI is InChI=1S/C21H25ClN3O4S2/c1-21(2,3)29-20(26)23-12(11-27-4)9-15-18(30-5)16-17(31-15)14(24-19(22)25-16)10-13-7-6-8-28-13/h6-8,10,12H,9,11H2,1-5H3,(H,23,26)/t12-/m1/s1. The van der Waals surface area contributed by atoms with Crippen molar-refractivity contribution in [3.63, 3.8) is 0 Å². The molecule has 3 heterocycles. The zero-order chi connectivity index (χ0) is 22.6. The van der Waals surface area contributed by atoms with Crippen molar-refractivity contribution in [2.75, 3.05) is 20.0 Å². The fourth-order valence-electron chi connectivity index (χ4n) is 3.00. The molecule has 0 aliphatic heterocycles. The zero-order valence-corrected chi connectivity index (χ0v) is 20.4. The number of fused-ring (bicyclic) bond motifs is 1. The molecule has 3 aromatic heterocycles. The Morgan fingerprint density at radius 3 is 2.81 bits per heavy atom. The average Bonchev–Trinajstić information content (AvgIpc) is 3.27. The van der Waals surface area contributed by atoms with Gasteiger partial charge in [0.15, 0.2) is 0 Å². The third-order valence-corrected chi connectivity index (χ3v) is 6.47. The van der Waals surface area contributed by atoms with Crippen LogP contribution in [0.1, 0.15) is 37.1 Å². The average molecular weight is 483 g/mol. The van der Waals surface area contributed by atoms with Crippen LogP contribution in [0, 0.1) is 6.42 Å². The van der Waals surface area contributed by atoms with E-state index in [2.05, 4.69) is 15.3 Å². The van der Waals surface area contributed by atoms with Crippen LogP contribution in [0.5, 0.6) is 0 Å². The minimum atomic E-state index is -0.577. The summed E-state index contributed by atoms with van der Waals surface area (Å²) >= 11 is 9.38. The van der Waals surface area contributed by atoms with E-state index in [1.807, 2.05) is 45.6 Å². The SMILES string of the molecule is COC[C@@H](Cc1sc2c([CH]c3ccco3)nc(Cl)nc2c1SC)NC(=O)OC(C)(C)C. The van der Waals surface area contributed by atoms with Gasteiger partial charge in [-0.1, -0.05) is 0 Å². The Bertz CT molecular complexity index is 1030. The highest BCUT2D eigenvalue weighted by Crippen LogP contribution is 2.39. The van der Waals surface area contributed by atoms with E-state index in [0.717, 1.165) is 20.0 Å². The summed E-state index contributed by atoms with van der Waals surface area (Å²) in [5.74, 6) is 0.681. The van der Waals surface area contributed by atoms with Crippen LogP contribution in [0.25, 0.3) is 10.2 Å². The molecule has 0 aromatic carbocycles. The first-order valence-corrected chi connectivity index (χ1v) is 12.0. The van der Waals surface area contributed by atoms with Gasteiger partial charge in [-0.05, 0) is 50.8 Å². The minimum Gasteiger partial charge on any atom is -0.469 e. The molecule has 0 bridgehead atoms. The molecule has 0 aliphatic carbocycles. The fraction of sp³-hybridized carbons (Fsp3) is 0.429. The number of nitrogens with one attached hydrogen (secondary N) is 1. The van der Waals surface area contributed by atoms with Crippen LogP contribution in [-0.4, -0.2) is 47.7 Å². The fourth-order valence-corrected chi connectivity index (χ4v) is 5.44. The number of hydrogen-bond donors (Lipinski definition) is 1. The summed E-state index contributed by atoms with van der Waals surface area (Å²) in [5.41, 5.74) is 0.908. The molecular formula is C21H25ClN3O4S2. The van der Waals surface area contributed by atoms with Crippen molar-refractivity contribution < 1.29 is 18.7 Å². The van der Waals surface area contributed by atoms with E-state index in [1.165, 1.54) is 0 Å². The molecule has 0 unspecified atom stereocenters. The molecule has 31 heavy (non-hydrogen) atoms. The number of furan rings is 1. The van der Waals surface area contributed by atoms with Crippen LogP contribution >= 0.6 is 34.7 Å². The maximum atomic E-state index is 12.3. The lowest BCUT2D eigenvalue weighted by molar-refractivity contribution is 0.0469. The Kier molecular flexibility index (Phi) is 7.85. The first kappa shape index (κ1) is 23.8. The number of rotatable bonds is 8. The van der Waals surface area contributed by atoms with Crippen molar-refractivity contribution in [1.29, 1.82) is 0 Å². The van der Waals surface area contributed by atoms with E-state index in [4.69, 9.17) is 25.5 Å². The Hall–Kier alpha value is -1.81. The molecule has 167 valence electrons. The number of nitrogens with zero attached hydrogens (tertiary/aromatic N) is 2. The van der Waals surface area contributed by atoms with Crippen molar-refractivity contribution in [2.24, 2.45) is 0 Å².